The average molecular weight is 548 g/mol. The van der Waals surface area contributed by atoms with Crippen LogP contribution in [-0.2, 0) is 17.4 Å². The van der Waals surface area contributed by atoms with Crippen LogP contribution in [0.25, 0.3) is 28.0 Å². The number of fused-ring (bicyclic) bond motifs is 1. The summed E-state index contributed by atoms with van der Waals surface area (Å²) < 4.78 is 41.9. The van der Waals surface area contributed by atoms with Gasteiger partial charge in [0.25, 0.3) is 0 Å². The van der Waals surface area contributed by atoms with Crippen molar-refractivity contribution < 1.29 is 18.0 Å². The Balaban J connectivity index is 1.49. The number of hydrogen-bond acceptors (Lipinski definition) is 2. The summed E-state index contributed by atoms with van der Waals surface area (Å²) in [5.41, 5.74) is 4.28. The molecule has 0 aliphatic carbocycles. The fraction of sp³-hybridized carbons (Fsp3) is 0.161. The van der Waals surface area contributed by atoms with Crippen LogP contribution < -0.4 is 5.32 Å². The minimum atomic E-state index is -4.44. The molecule has 0 saturated carbocycles. The number of benzene rings is 3. The van der Waals surface area contributed by atoms with E-state index >= 15 is 0 Å². The van der Waals surface area contributed by atoms with E-state index in [1.807, 2.05) is 53.8 Å². The van der Waals surface area contributed by atoms with Gasteiger partial charge in [-0.15, -0.1) is 0 Å². The van der Waals surface area contributed by atoms with E-state index in [2.05, 4.69) is 5.32 Å². The SMILES string of the molecule is C[C@H](NC(=O)CCc1c(-c2ccc(Cl)cc2)nc2ccc(-c3cccc(C(F)(F)F)c3)cn12)c1ccccc1. The van der Waals surface area contributed by atoms with Crippen molar-refractivity contribution in [3.8, 4) is 22.4 Å². The van der Waals surface area contributed by atoms with Crippen molar-refractivity contribution in [3.63, 3.8) is 0 Å². The number of hydrogen-bond donors (Lipinski definition) is 1. The molecule has 8 heteroatoms. The van der Waals surface area contributed by atoms with Gasteiger partial charge in [0, 0.05) is 23.2 Å². The Morgan fingerprint density at radius 1 is 0.923 bits per heavy atom. The molecule has 3 aromatic carbocycles. The van der Waals surface area contributed by atoms with Crippen LogP contribution in [-0.4, -0.2) is 15.3 Å². The van der Waals surface area contributed by atoms with Crippen molar-refractivity contribution in [2.45, 2.75) is 32.0 Å². The zero-order valence-electron chi connectivity index (χ0n) is 21.0. The molecule has 0 radical (unpaired) electrons. The molecule has 2 heterocycles. The molecule has 0 aliphatic heterocycles. The fourth-order valence-electron chi connectivity index (χ4n) is 4.59. The molecule has 0 fully saturated rings. The molecule has 5 aromatic rings. The van der Waals surface area contributed by atoms with Gasteiger partial charge < -0.3 is 9.72 Å². The van der Waals surface area contributed by atoms with E-state index in [9.17, 15) is 18.0 Å². The van der Waals surface area contributed by atoms with Crippen LogP contribution in [0.5, 0.6) is 0 Å². The first-order valence-corrected chi connectivity index (χ1v) is 12.9. The molecule has 4 nitrogen and oxygen atoms in total. The van der Waals surface area contributed by atoms with Crippen LogP contribution >= 0.6 is 11.6 Å². The molecule has 0 bridgehead atoms. The summed E-state index contributed by atoms with van der Waals surface area (Å²) in [6, 6.07) is 25.6. The second-order valence-corrected chi connectivity index (χ2v) is 9.77. The maximum atomic E-state index is 13.3. The van der Waals surface area contributed by atoms with E-state index in [-0.39, 0.29) is 18.4 Å². The number of imidazole rings is 1. The summed E-state index contributed by atoms with van der Waals surface area (Å²) in [6.45, 7) is 1.93. The molecule has 198 valence electrons. The first-order valence-electron chi connectivity index (χ1n) is 12.5. The third-order valence-electron chi connectivity index (χ3n) is 6.62. The van der Waals surface area contributed by atoms with Crippen LogP contribution in [0.15, 0.2) is 97.2 Å². The number of aromatic nitrogens is 2. The van der Waals surface area contributed by atoms with Crippen molar-refractivity contribution in [2.24, 2.45) is 0 Å². The molecular formula is C31H25ClF3N3O. The third-order valence-corrected chi connectivity index (χ3v) is 6.88. The van der Waals surface area contributed by atoms with Gasteiger partial charge in [-0.3, -0.25) is 4.79 Å². The Kier molecular flexibility index (Phi) is 7.44. The molecule has 0 saturated heterocycles. The first-order chi connectivity index (χ1) is 18.7. The molecule has 1 amide bonds. The Morgan fingerprint density at radius 2 is 1.64 bits per heavy atom. The van der Waals surface area contributed by atoms with Crippen LogP contribution in [0, 0.1) is 0 Å². The van der Waals surface area contributed by atoms with Gasteiger partial charge in [0.2, 0.25) is 5.91 Å². The van der Waals surface area contributed by atoms with Gasteiger partial charge >= 0.3 is 6.18 Å². The van der Waals surface area contributed by atoms with Gasteiger partial charge in [-0.1, -0.05) is 66.2 Å². The highest BCUT2D eigenvalue weighted by molar-refractivity contribution is 6.30. The predicted octanol–water partition coefficient (Wildman–Crippen LogP) is 8.15. The quantitative estimate of drug-likeness (QED) is 0.223. The molecule has 2 aromatic heterocycles. The Hall–Kier alpha value is -4.10. The predicted molar refractivity (Wildman–Crippen MR) is 147 cm³/mol. The van der Waals surface area contributed by atoms with E-state index in [4.69, 9.17) is 16.6 Å². The number of carbonyl (C=O) groups is 1. The smallest absolute Gasteiger partial charge is 0.350 e. The minimum absolute atomic E-state index is 0.114. The highest BCUT2D eigenvalue weighted by Gasteiger charge is 2.30. The lowest BCUT2D eigenvalue weighted by Crippen LogP contribution is -2.26. The van der Waals surface area contributed by atoms with Crippen LogP contribution in [0.2, 0.25) is 5.02 Å². The summed E-state index contributed by atoms with van der Waals surface area (Å²) in [4.78, 5) is 17.7. The monoisotopic (exact) mass is 547 g/mol. The van der Waals surface area contributed by atoms with Gasteiger partial charge in [0.15, 0.2) is 0 Å². The van der Waals surface area contributed by atoms with Gasteiger partial charge in [-0.25, -0.2) is 4.98 Å². The summed E-state index contributed by atoms with van der Waals surface area (Å²) in [5.74, 6) is -0.114. The molecule has 39 heavy (non-hydrogen) atoms. The second kappa shape index (κ2) is 10.9. The lowest BCUT2D eigenvalue weighted by atomic mass is 10.0. The zero-order chi connectivity index (χ0) is 27.6. The number of nitrogens with zero attached hydrogens (tertiary/aromatic N) is 2. The maximum absolute atomic E-state index is 13.3. The lowest BCUT2D eigenvalue weighted by molar-refractivity contribution is -0.137. The Bertz CT molecular complexity index is 1610. The number of halogens is 4. The molecule has 1 atom stereocenters. The topological polar surface area (TPSA) is 46.4 Å². The molecular weight excluding hydrogens is 523 g/mol. The summed E-state index contributed by atoms with van der Waals surface area (Å²) >= 11 is 6.09. The highest BCUT2D eigenvalue weighted by Crippen LogP contribution is 2.33. The number of aryl methyl sites for hydroxylation is 1. The maximum Gasteiger partial charge on any atom is 0.416 e. The Morgan fingerprint density at radius 3 is 2.36 bits per heavy atom. The zero-order valence-corrected chi connectivity index (χ0v) is 21.8. The number of pyridine rings is 1. The van der Waals surface area contributed by atoms with Gasteiger partial charge in [0.05, 0.1) is 23.0 Å². The van der Waals surface area contributed by atoms with Crippen LogP contribution in [0.1, 0.15) is 36.2 Å². The Labute approximate surface area is 229 Å². The van der Waals surface area contributed by atoms with E-state index in [0.29, 0.717) is 33.9 Å². The van der Waals surface area contributed by atoms with Crippen molar-refractivity contribution in [1.29, 1.82) is 0 Å². The van der Waals surface area contributed by atoms with Crippen LogP contribution in [0.3, 0.4) is 0 Å². The number of carbonyl (C=O) groups excluding carboxylic acids is 1. The molecule has 5 rings (SSSR count). The molecule has 0 unspecified atom stereocenters. The molecule has 0 spiro atoms. The molecule has 1 N–H and O–H groups in total. The third kappa shape index (κ3) is 5.99. The first kappa shape index (κ1) is 26.5. The minimum Gasteiger partial charge on any atom is -0.350 e. The fourth-order valence-corrected chi connectivity index (χ4v) is 4.71. The number of amides is 1. The van der Waals surface area contributed by atoms with E-state index in [0.717, 1.165) is 29.0 Å². The number of alkyl halides is 3. The van der Waals surface area contributed by atoms with Crippen molar-refractivity contribution >= 4 is 23.2 Å². The van der Waals surface area contributed by atoms with E-state index < -0.39 is 11.7 Å². The van der Waals surface area contributed by atoms with Gasteiger partial charge in [-0.2, -0.15) is 13.2 Å². The second-order valence-electron chi connectivity index (χ2n) is 9.34. The summed E-state index contributed by atoms with van der Waals surface area (Å²) in [7, 11) is 0. The van der Waals surface area contributed by atoms with E-state index in [1.165, 1.54) is 6.07 Å². The van der Waals surface area contributed by atoms with Crippen molar-refractivity contribution in [3.05, 3.63) is 119 Å². The standard InChI is InChI=1S/C31H25ClF3N3O/c1-20(21-6-3-2-4-7-21)36-29(39)17-15-27-30(22-10-13-26(32)14-11-22)37-28-16-12-24(19-38(27)28)23-8-5-9-25(18-23)31(33,34)35/h2-14,16,18-20H,15,17H2,1H3,(H,36,39)/t20-/m0/s1. The van der Waals surface area contributed by atoms with Crippen molar-refractivity contribution in [2.75, 3.05) is 0 Å². The summed E-state index contributed by atoms with van der Waals surface area (Å²) in [6.07, 6.45) is -2.08. The van der Waals surface area contributed by atoms with Gasteiger partial charge in [0.1, 0.15) is 5.65 Å². The van der Waals surface area contributed by atoms with E-state index in [1.54, 1.807) is 36.5 Å². The highest BCUT2D eigenvalue weighted by atomic mass is 35.5. The normalized spacial score (nSPS) is 12.4. The van der Waals surface area contributed by atoms with Gasteiger partial charge in [-0.05, 0) is 66.4 Å². The van der Waals surface area contributed by atoms with Crippen molar-refractivity contribution in [1.82, 2.24) is 14.7 Å². The average Bonchev–Trinajstić information content (AvgIpc) is 3.30. The van der Waals surface area contributed by atoms with Crippen LogP contribution in [0.4, 0.5) is 13.2 Å². The molecule has 0 aliphatic rings. The number of rotatable bonds is 7. The number of nitrogens with one attached hydrogen (secondary N) is 1. The lowest BCUT2D eigenvalue weighted by Gasteiger charge is -2.14. The largest absolute Gasteiger partial charge is 0.416 e. The summed E-state index contributed by atoms with van der Waals surface area (Å²) in [5, 5.41) is 3.63.